The molecule has 0 aromatic heterocycles. The summed E-state index contributed by atoms with van der Waals surface area (Å²) >= 11 is 12.1. The van der Waals surface area contributed by atoms with Gasteiger partial charge in [0.25, 0.3) is 0 Å². The molecule has 0 bridgehead atoms. The Kier molecular flexibility index (Phi) is 4.03. The van der Waals surface area contributed by atoms with Gasteiger partial charge in [-0.2, -0.15) is 0 Å². The van der Waals surface area contributed by atoms with Gasteiger partial charge >= 0.3 is 0 Å². The molecule has 0 saturated heterocycles. The normalized spacial score (nSPS) is 29.5. The van der Waals surface area contributed by atoms with Crippen LogP contribution in [0.25, 0.3) is 0 Å². The van der Waals surface area contributed by atoms with Gasteiger partial charge < -0.3 is 0 Å². The Morgan fingerprint density at radius 2 is 1.96 bits per heavy atom. The van der Waals surface area contributed by atoms with E-state index in [9.17, 15) is 14.4 Å². The molecule has 0 saturated carbocycles. The molecule has 0 spiro atoms. The Hall–Kier alpha value is -1.71. The number of carbonyl (C=O) groups excluding carboxylic acids is 3. The number of hydrogen-bond donors (Lipinski definition) is 0. The smallest absolute Gasteiger partial charge is 0.179 e. The van der Waals surface area contributed by atoms with Gasteiger partial charge in [0.05, 0.1) is 5.02 Å². The Labute approximate surface area is 144 Å². The second-order valence-electron chi connectivity index (χ2n) is 5.93. The summed E-state index contributed by atoms with van der Waals surface area (Å²) in [4.78, 5) is 38.3. The van der Waals surface area contributed by atoms with Crippen molar-refractivity contribution in [2.75, 3.05) is 0 Å². The second-order valence-corrected chi connectivity index (χ2v) is 6.77. The van der Waals surface area contributed by atoms with Crippen LogP contribution in [-0.4, -0.2) is 17.3 Å². The van der Waals surface area contributed by atoms with E-state index in [1.165, 1.54) is 24.3 Å². The lowest BCUT2D eigenvalue weighted by Gasteiger charge is -2.43. The van der Waals surface area contributed by atoms with Crippen LogP contribution in [0.1, 0.15) is 23.7 Å². The molecule has 1 aromatic carbocycles. The fraction of sp³-hybridized carbons (Fsp3) is 0.278. The molecule has 2 aliphatic rings. The van der Waals surface area contributed by atoms with E-state index in [2.05, 4.69) is 0 Å². The molecule has 3 rings (SSSR count). The van der Waals surface area contributed by atoms with Crippen molar-refractivity contribution < 1.29 is 14.4 Å². The molecule has 2 aliphatic carbocycles. The minimum atomic E-state index is -1.42. The summed E-state index contributed by atoms with van der Waals surface area (Å²) in [6, 6.07) is 4.54. The first-order valence-electron chi connectivity index (χ1n) is 7.32. The number of benzene rings is 1. The molecule has 0 amide bonds. The van der Waals surface area contributed by atoms with Gasteiger partial charge in [0, 0.05) is 16.5 Å². The number of Topliss-reactive ketones (excluding diaryl/α,β-unsaturated/α-hetero) is 1. The highest BCUT2D eigenvalue weighted by Gasteiger charge is 2.58. The summed E-state index contributed by atoms with van der Waals surface area (Å²) < 4.78 is 0. The summed E-state index contributed by atoms with van der Waals surface area (Å²) in [5, 5.41) is 0.593. The van der Waals surface area contributed by atoms with Crippen LogP contribution in [0.2, 0.25) is 10.0 Å². The maximum Gasteiger partial charge on any atom is 0.179 e. The number of allylic oxidation sites excluding steroid dienone is 4. The van der Waals surface area contributed by atoms with Crippen LogP contribution in [0.15, 0.2) is 42.5 Å². The average Bonchev–Trinajstić information content (AvgIpc) is 2.50. The fourth-order valence-corrected chi connectivity index (χ4v) is 4.09. The third-order valence-electron chi connectivity index (χ3n) is 4.77. The van der Waals surface area contributed by atoms with E-state index in [1.54, 1.807) is 13.0 Å². The van der Waals surface area contributed by atoms with Crippen LogP contribution >= 0.6 is 23.2 Å². The summed E-state index contributed by atoms with van der Waals surface area (Å²) in [5.41, 5.74) is -1.20. The molecule has 118 valence electrons. The van der Waals surface area contributed by atoms with Gasteiger partial charge in [-0.25, -0.2) is 0 Å². The van der Waals surface area contributed by atoms with Gasteiger partial charge in [-0.1, -0.05) is 42.3 Å². The standard InChI is InChI=1S/C18H14Cl2O3/c1-10-3-2-4-13-15(21)7-8-16(22)18(10,13)17(23)12-6-5-11(19)9-14(12)20/h2-3,5-10,13H,4H2,1H3. The summed E-state index contributed by atoms with van der Waals surface area (Å²) in [5.74, 6) is -2.01. The van der Waals surface area contributed by atoms with E-state index in [0.717, 1.165) is 0 Å². The van der Waals surface area contributed by atoms with Crippen LogP contribution in [0.3, 0.4) is 0 Å². The highest BCUT2D eigenvalue weighted by atomic mass is 35.5. The van der Waals surface area contributed by atoms with E-state index in [4.69, 9.17) is 23.2 Å². The lowest BCUT2D eigenvalue weighted by Crippen LogP contribution is -2.54. The molecule has 3 unspecified atom stereocenters. The Bertz CT molecular complexity index is 778. The van der Waals surface area contributed by atoms with Crippen LogP contribution in [0.4, 0.5) is 0 Å². The van der Waals surface area contributed by atoms with Crippen molar-refractivity contribution in [3.8, 4) is 0 Å². The maximum absolute atomic E-state index is 13.3. The lowest BCUT2D eigenvalue weighted by atomic mass is 9.55. The molecule has 3 atom stereocenters. The Balaban J connectivity index is 2.21. The van der Waals surface area contributed by atoms with E-state index in [0.29, 0.717) is 11.4 Å². The number of hydrogen-bond acceptors (Lipinski definition) is 3. The predicted molar refractivity (Wildman–Crippen MR) is 88.8 cm³/mol. The summed E-state index contributed by atoms with van der Waals surface area (Å²) in [6.45, 7) is 1.79. The van der Waals surface area contributed by atoms with Gasteiger partial charge in [-0.3, -0.25) is 14.4 Å². The fourth-order valence-electron chi connectivity index (χ4n) is 3.60. The Morgan fingerprint density at radius 1 is 1.22 bits per heavy atom. The van der Waals surface area contributed by atoms with Crippen LogP contribution in [-0.2, 0) is 9.59 Å². The molecule has 0 N–H and O–H groups in total. The molecule has 0 heterocycles. The van der Waals surface area contributed by atoms with Crippen LogP contribution in [0, 0.1) is 17.3 Å². The average molecular weight is 349 g/mol. The summed E-state index contributed by atoms with van der Waals surface area (Å²) in [6.07, 6.45) is 6.54. The number of ketones is 3. The molecule has 5 heteroatoms. The van der Waals surface area contributed by atoms with Crippen molar-refractivity contribution in [1.82, 2.24) is 0 Å². The van der Waals surface area contributed by atoms with E-state index in [1.807, 2.05) is 12.2 Å². The highest BCUT2D eigenvalue weighted by Crippen LogP contribution is 2.49. The molecule has 0 radical (unpaired) electrons. The number of fused-ring (bicyclic) bond motifs is 1. The van der Waals surface area contributed by atoms with Crippen molar-refractivity contribution in [3.63, 3.8) is 0 Å². The zero-order valence-corrected chi connectivity index (χ0v) is 13.9. The maximum atomic E-state index is 13.3. The highest BCUT2D eigenvalue weighted by molar-refractivity contribution is 6.38. The van der Waals surface area contributed by atoms with Crippen LogP contribution in [0.5, 0.6) is 0 Å². The largest absolute Gasteiger partial charge is 0.294 e. The molecule has 0 fully saturated rings. The molecular formula is C18H14Cl2O3. The second kappa shape index (κ2) is 5.73. The van der Waals surface area contributed by atoms with Gasteiger partial charge in [-0.05, 0) is 42.7 Å². The topological polar surface area (TPSA) is 51.2 Å². The zero-order chi connectivity index (χ0) is 16.8. The molecule has 23 heavy (non-hydrogen) atoms. The molecule has 3 nitrogen and oxygen atoms in total. The SMILES string of the molecule is CC1C=CCC2C(=O)C=CC(=O)C12C(=O)c1ccc(Cl)cc1Cl. The van der Waals surface area contributed by atoms with Crippen molar-refractivity contribution in [1.29, 1.82) is 0 Å². The van der Waals surface area contributed by atoms with Crippen molar-refractivity contribution >= 4 is 40.6 Å². The molecule has 0 aliphatic heterocycles. The minimum absolute atomic E-state index is 0.187. The first-order valence-corrected chi connectivity index (χ1v) is 8.07. The zero-order valence-electron chi connectivity index (χ0n) is 12.4. The third-order valence-corrected chi connectivity index (χ3v) is 5.31. The van der Waals surface area contributed by atoms with Crippen molar-refractivity contribution in [2.45, 2.75) is 13.3 Å². The molecular weight excluding hydrogens is 335 g/mol. The number of rotatable bonds is 2. The Morgan fingerprint density at radius 3 is 2.65 bits per heavy atom. The lowest BCUT2D eigenvalue weighted by molar-refractivity contribution is -0.135. The van der Waals surface area contributed by atoms with E-state index in [-0.39, 0.29) is 28.1 Å². The van der Waals surface area contributed by atoms with Gasteiger partial charge in [-0.15, -0.1) is 0 Å². The van der Waals surface area contributed by atoms with Gasteiger partial charge in [0.2, 0.25) is 0 Å². The first kappa shape index (κ1) is 16.2. The van der Waals surface area contributed by atoms with Crippen LogP contribution < -0.4 is 0 Å². The van der Waals surface area contributed by atoms with Gasteiger partial charge in [0.15, 0.2) is 17.3 Å². The van der Waals surface area contributed by atoms with Gasteiger partial charge in [0.1, 0.15) is 5.41 Å². The monoisotopic (exact) mass is 348 g/mol. The quantitative estimate of drug-likeness (QED) is 0.459. The summed E-state index contributed by atoms with van der Waals surface area (Å²) in [7, 11) is 0. The van der Waals surface area contributed by atoms with E-state index >= 15 is 0 Å². The molecule has 1 aromatic rings. The third kappa shape index (κ3) is 2.30. The number of halogens is 2. The first-order chi connectivity index (χ1) is 10.9. The van der Waals surface area contributed by atoms with Crippen molar-refractivity contribution in [2.24, 2.45) is 17.3 Å². The predicted octanol–water partition coefficient (Wildman–Crippen LogP) is 4.08. The van der Waals surface area contributed by atoms with Crippen molar-refractivity contribution in [3.05, 3.63) is 58.1 Å². The minimum Gasteiger partial charge on any atom is -0.294 e. The number of carbonyl (C=O) groups is 3. The van der Waals surface area contributed by atoms with E-state index < -0.39 is 17.1 Å².